The van der Waals surface area contributed by atoms with Crippen LogP contribution in [-0.4, -0.2) is 22.0 Å². The second kappa shape index (κ2) is 4.83. The van der Waals surface area contributed by atoms with Crippen molar-refractivity contribution in [2.45, 2.75) is 13.3 Å². The first-order chi connectivity index (χ1) is 8.54. The highest BCUT2D eigenvalue weighted by Gasteiger charge is 2.04. The van der Waals surface area contributed by atoms with Crippen molar-refractivity contribution >= 4 is 28.6 Å². The Morgan fingerprint density at radius 3 is 2.72 bits per heavy atom. The number of hydrogen-bond donors (Lipinski definition) is 2. The number of benzene rings is 1. The smallest absolute Gasteiger partial charge is 0.307 e. The molecule has 5 heteroatoms. The third-order valence-corrected chi connectivity index (χ3v) is 2.41. The number of amides is 1. The first-order valence-electron chi connectivity index (χ1n) is 5.43. The van der Waals surface area contributed by atoms with Crippen LogP contribution >= 0.6 is 0 Å². The molecule has 0 radical (unpaired) electrons. The minimum Gasteiger partial charge on any atom is -0.481 e. The lowest BCUT2D eigenvalue weighted by molar-refractivity contribution is -0.136. The molecule has 0 aliphatic carbocycles. The molecule has 1 amide bonds. The van der Waals surface area contributed by atoms with Crippen molar-refractivity contribution in [1.82, 2.24) is 4.98 Å². The molecule has 2 aromatic rings. The van der Waals surface area contributed by atoms with E-state index in [4.69, 9.17) is 5.11 Å². The summed E-state index contributed by atoms with van der Waals surface area (Å²) in [6.07, 6.45) is -0.0105. The van der Waals surface area contributed by atoms with Crippen LogP contribution in [0, 0.1) is 0 Å². The van der Waals surface area contributed by atoms with E-state index >= 15 is 0 Å². The molecule has 92 valence electrons. The van der Waals surface area contributed by atoms with Crippen LogP contribution in [0.2, 0.25) is 0 Å². The summed E-state index contributed by atoms with van der Waals surface area (Å²) in [5, 5.41) is 12.2. The van der Waals surface area contributed by atoms with Gasteiger partial charge in [-0.15, -0.1) is 0 Å². The molecule has 0 spiro atoms. The summed E-state index contributed by atoms with van der Waals surface area (Å²) in [6.45, 7) is 1.42. The van der Waals surface area contributed by atoms with Crippen LogP contribution in [0.3, 0.4) is 0 Å². The van der Waals surface area contributed by atoms with Gasteiger partial charge < -0.3 is 10.4 Å². The summed E-state index contributed by atoms with van der Waals surface area (Å²) >= 11 is 0. The van der Waals surface area contributed by atoms with Crippen LogP contribution in [0.4, 0.5) is 5.82 Å². The predicted octanol–water partition coefficient (Wildman–Crippen LogP) is 1.82. The fourth-order valence-electron chi connectivity index (χ4n) is 1.71. The van der Waals surface area contributed by atoms with Crippen molar-refractivity contribution in [2.75, 3.05) is 5.32 Å². The number of carboxylic acid groups (broad SMARTS) is 1. The topological polar surface area (TPSA) is 79.3 Å². The van der Waals surface area contributed by atoms with Gasteiger partial charge in [0.25, 0.3) is 0 Å². The molecule has 0 saturated carbocycles. The number of carboxylic acids is 1. The van der Waals surface area contributed by atoms with Gasteiger partial charge in [0.05, 0.1) is 11.9 Å². The second-order valence-corrected chi connectivity index (χ2v) is 3.98. The molecule has 1 heterocycles. The summed E-state index contributed by atoms with van der Waals surface area (Å²) in [5.74, 6) is -0.553. The number of nitrogens with zero attached hydrogens (tertiary/aromatic N) is 1. The Labute approximate surface area is 103 Å². The molecule has 0 aliphatic rings. The standard InChI is InChI=1S/C13H12N2O3/c1-8(16)14-12-5-3-10-6-9(7-13(17)18)2-4-11(10)15-12/h2-6H,7H2,1H3,(H,17,18)(H,14,15,16). The zero-order valence-electron chi connectivity index (χ0n) is 9.80. The molecular formula is C13H12N2O3. The van der Waals surface area contributed by atoms with E-state index in [-0.39, 0.29) is 12.3 Å². The number of rotatable bonds is 3. The Kier molecular flexibility index (Phi) is 3.23. The van der Waals surface area contributed by atoms with Crippen LogP contribution in [0.25, 0.3) is 10.9 Å². The molecule has 0 aliphatic heterocycles. The first-order valence-corrected chi connectivity index (χ1v) is 5.43. The van der Waals surface area contributed by atoms with Crippen molar-refractivity contribution in [3.05, 3.63) is 35.9 Å². The van der Waals surface area contributed by atoms with Gasteiger partial charge in [0.15, 0.2) is 0 Å². The molecule has 1 aromatic carbocycles. The maximum absolute atomic E-state index is 10.9. The van der Waals surface area contributed by atoms with Gasteiger partial charge in [0.2, 0.25) is 5.91 Å². The lowest BCUT2D eigenvalue weighted by atomic mass is 10.1. The Balaban J connectivity index is 2.35. The SMILES string of the molecule is CC(=O)Nc1ccc2cc(CC(=O)O)ccc2n1. The Hall–Kier alpha value is -2.43. The molecule has 0 unspecified atom stereocenters. The van der Waals surface area contributed by atoms with Gasteiger partial charge in [-0.25, -0.2) is 4.98 Å². The fourth-order valence-corrected chi connectivity index (χ4v) is 1.71. The minimum atomic E-state index is -0.864. The summed E-state index contributed by atoms with van der Waals surface area (Å²) in [6, 6.07) is 8.75. The van der Waals surface area contributed by atoms with E-state index in [1.807, 2.05) is 0 Å². The molecule has 18 heavy (non-hydrogen) atoms. The first kappa shape index (κ1) is 12.0. The van der Waals surface area contributed by atoms with E-state index in [2.05, 4.69) is 10.3 Å². The highest BCUT2D eigenvalue weighted by molar-refractivity contribution is 5.90. The van der Waals surface area contributed by atoms with Crippen molar-refractivity contribution in [2.24, 2.45) is 0 Å². The quantitative estimate of drug-likeness (QED) is 0.863. The largest absolute Gasteiger partial charge is 0.481 e. The number of nitrogens with one attached hydrogen (secondary N) is 1. The maximum atomic E-state index is 10.9. The summed E-state index contributed by atoms with van der Waals surface area (Å²) in [7, 11) is 0. The maximum Gasteiger partial charge on any atom is 0.307 e. The highest BCUT2D eigenvalue weighted by Crippen LogP contribution is 2.17. The molecule has 0 bridgehead atoms. The Morgan fingerprint density at radius 1 is 1.28 bits per heavy atom. The molecule has 0 saturated heterocycles. The number of pyridine rings is 1. The number of carbonyl (C=O) groups is 2. The fraction of sp³-hybridized carbons (Fsp3) is 0.154. The third kappa shape index (κ3) is 2.82. The average molecular weight is 244 g/mol. The zero-order valence-corrected chi connectivity index (χ0v) is 9.80. The molecule has 1 aromatic heterocycles. The van der Waals surface area contributed by atoms with Crippen molar-refractivity contribution in [3.8, 4) is 0 Å². The highest BCUT2D eigenvalue weighted by atomic mass is 16.4. The molecular weight excluding hydrogens is 232 g/mol. The van der Waals surface area contributed by atoms with Gasteiger partial charge in [0.1, 0.15) is 5.82 Å². The van der Waals surface area contributed by atoms with Crippen molar-refractivity contribution in [3.63, 3.8) is 0 Å². The van der Waals surface area contributed by atoms with Crippen LogP contribution in [0.1, 0.15) is 12.5 Å². The number of hydrogen-bond acceptors (Lipinski definition) is 3. The second-order valence-electron chi connectivity index (χ2n) is 3.98. The molecule has 0 atom stereocenters. The van der Waals surface area contributed by atoms with Crippen LogP contribution < -0.4 is 5.32 Å². The molecule has 2 N–H and O–H groups in total. The van der Waals surface area contributed by atoms with E-state index in [9.17, 15) is 9.59 Å². The number of carbonyl (C=O) groups excluding carboxylic acids is 1. The van der Waals surface area contributed by atoms with Gasteiger partial charge in [-0.2, -0.15) is 0 Å². The average Bonchev–Trinajstić information content (AvgIpc) is 2.27. The lowest BCUT2D eigenvalue weighted by Gasteiger charge is -2.04. The van der Waals surface area contributed by atoms with E-state index < -0.39 is 5.97 Å². The van der Waals surface area contributed by atoms with Crippen LogP contribution in [0.15, 0.2) is 30.3 Å². The molecule has 0 fully saturated rings. The normalized spacial score (nSPS) is 10.3. The summed E-state index contributed by atoms with van der Waals surface area (Å²) in [5.41, 5.74) is 1.44. The van der Waals surface area contributed by atoms with Crippen LogP contribution in [0.5, 0.6) is 0 Å². The van der Waals surface area contributed by atoms with Gasteiger partial charge in [0, 0.05) is 12.3 Å². The number of anilines is 1. The minimum absolute atomic E-state index is 0.0105. The van der Waals surface area contributed by atoms with E-state index in [0.717, 1.165) is 16.5 Å². The van der Waals surface area contributed by atoms with E-state index in [1.54, 1.807) is 30.3 Å². The van der Waals surface area contributed by atoms with Crippen LogP contribution in [-0.2, 0) is 16.0 Å². The van der Waals surface area contributed by atoms with E-state index in [1.165, 1.54) is 6.92 Å². The van der Waals surface area contributed by atoms with E-state index in [0.29, 0.717) is 5.82 Å². The number of aliphatic carboxylic acids is 1. The third-order valence-electron chi connectivity index (χ3n) is 2.41. The Bertz CT molecular complexity index is 567. The van der Waals surface area contributed by atoms with Gasteiger partial charge >= 0.3 is 5.97 Å². The zero-order chi connectivity index (χ0) is 13.1. The van der Waals surface area contributed by atoms with Crippen molar-refractivity contribution < 1.29 is 14.7 Å². The molecule has 5 nitrogen and oxygen atoms in total. The summed E-state index contributed by atoms with van der Waals surface area (Å²) in [4.78, 5) is 25.8. The van der Waals surface area contributed by atoms with Gasteiger partial charge in [-0.3, -0.25) is 9.59 Å². The predicted molar refractivity (Wildman–Crippen MR) is 67.4 cm³/mol. The number of fused-ring (bicyclic) bond motifs is 1. The summed E-state index contributed by atoms with van der Waals surface area (Å²) < 4.78 is 0. The monoisotopic (exact) mass is 244 g/mol. The molecule has 2 rings (SSSR count). The van der Waals surface area contributed by atoms with Gasteiger partial charge in [-0.05, 0) is 29.8 Å². The van der Waals surface area contributed by atoms with Gasteiger partial charge in [-0.1, -0.05) is 6.07 Å². The lowest BCUT2D eigenvalue weighted by Crippen LogP contribution is -2.07. The van der Waals surface area contributed by atoms with Crippen molar-refractivity contribution in [1.29, 1.82) is 0 Å². The Morgan fingerprint density at radius 2 is 2.06 bits per heavy atom. The number of aromatic nitrogens is 1.